The van der Waals surface area contributed by atoms with Gasteiger partial charge in [-0.15, -0.1) is 0 Å². The summed E-state index contributed by atoms with van der Waals surface area (Å²) >= 11 is 5.92. The Bertz CT molecular complexity index is 1080. The Hall–Kier alpha value is -3.40. The van der Waals surface area contributed by atoms with Crippen LogP contribution in [0.4, 0.5) is 18.9 Å². The van der Waals surface area contributed by atoms with Crippen molar-refractivity contribution >= 4 is 23.2 Å². The van der Waals surface area contributed by atoms with Crippen LogP contribution in [0.2, 0.25) is 5.02 Å². The molecule has 156 valence electrons. The maximum Gasteiger partial charge on any atom is 0.406 e. The van der Waals surface area contributed by atoms with Gasteiger partial charge in [0.1, 0.15) is 6.54 Å². The van der Waals surface area contributed by atoms with Crippen LogP contribution in [0, 0.1) is 10.1 Å². The number of aromatic nitrogens is 2. The largest absolute Gasteiger partial charge is 0.406 e. The van der Waals surface area contributed by atoms with Gasteiger partial charge >= 0.3 is 6.18 Å². The number of para-hydroxylation sites is 1. The summed E-state index contributed by atoms with van der Waals surface area (Å²) in [6, 6.07) is 11.9. The Morgan fingerprint density at radius 3 is 2.60 bits per heavy atom. The van der Waals surface area contributed by atoms with Crippen LogP contribution >= 0.6 is 11.6 Å². The van der Waals surface area contributed by atoms with Crippen molar-refractivity contribution in [3.05, 3.63) is 87.2 Å². The van der Waals surface area contributed by atoms with Crippen LogP contribution in [0.3, 0.4) is 0 Å². The summed E-state index contributed by atoms with van der Waals surface area (Å²) in [5.74, 6) is -0.959. The molecule has 3 rings (SSSR count). The molecule has 7 nitrogen and oxygen atoms in total. The Labute approximate surface area is 173 Å². The minimum Gasteiger partial charge on any atom is -0.325 e. The Morgan fingerprint density at radius 2 is 1.93 bits per heavy atom. The summed E-state index contributed by atoms with van der Waals surface area (Å²) in [6.45, 7) is -2.15. The molecule has 0 bridgehead atoms. The highest BCUT2D eigenvalue weighted by Crippen LogP contribution is 2.24. The van der Waals surface area contributed by atoms with Crippen molar-refractivity contribution in [3.8, 4) is 5.69 Å². The maximum atomic E-state index is 13.1. The Balaban J connectivity index is 1.91. The molecule has 0 aliphatic carbocycles. The second-order valence-electron chi connectivity index (χ2n) is 6.32. The van der Waals surface area contributed by atoms with Crippen molar-refractivity contribution in [1.29, 1.82) is 0 Å². The predicted octanol–water partition coefficient (Wildman–Crippen LogP) is 4.64. The van der Waals surface area contributed by atoms with Gasteiger partial charge in [-0.1, -0.05) is 35.9 Å². The van der Waals surface area contributed by atoms with E-state index in [1.165, 1.54) is 35.1 Å². The predicted molar refractivity (Wildman–Crippen MR) is 102 cm³/mol. The molecule has 0 aliphatic heterocycles. The number of hydrogen-bond acceptors (Lipinski definition) is 4. The van der Waals surface area contributed by atoms with Crippen molar-refractivity contribution in [1.82, 2.24) is 14.7 Å². The fourth-order valence-corrected chi connectivity index (χ4v) is 3.00. The summed E-state index contributed by atoms with van der Waals surface area (Å²) in [5, 5.41) is 15.6. The number of carbonyl (C=O) groups excluding carboxylic acids is 1. The average molecular weight is 439 g/mol. The number of carbonyl (C=O) groups is 1. The second kappa shape index (κ2) is 8.54. The van der Waals surface area contributed by atoms with Crippen LogP contribution in [-0.4, -0.2) is 38.2 Å². The van der Waals surface area contributed by atoms with Crippen molar-refractivity contribution < 1.29 is 22.9 Å². The van der Waals surface area contributed by atoms with Gasteiger partial charge in [0.25, 0.3) is 11.6 Å². The molecule has 3 aromatic rings. The first-order valence-corrected chi connectivity index (χ1v) is 8.91. The van der Waals surface area contributed by atoms with Crippen LogP contribution in [-0.2, 0) is 6.54 Å². The molecule has 1 aromatic heterocycles. The lowest BCUT2D eigenvalue weighted by atomic mass is 10.1. The van der Waals surface area contributed by atoms with E-state index in [1.807, 2.05) is 0 Å². The standard InChI is InChI=1S/C19H14ClF3N4O3/c20-15-5-3-6-16(8-15)26-11-14(9-24-26)18(28)25(12-19(21,22)23)10-13-4-1-2-7-17(13)27(29)30/h1-9,11H,10,12H2. The number of amides is 1. The highest BCUT2D eigenvalue weighted by atomic mass is 35.5. The fourth-order valence-electron chi connectivity index (χ4n) is 2.82. The molecule has 30 heavy (non-hydrogen) atoms. The van der Waals surface area contributed by atoms with E-state index in [9.17, 15) is 28.1 Å². The maximum absolute atomic E-state index is 13.1. The van der Waals surface area contributed by atoms with Gasteiger partial charge in [-0.25, -0.2) is 4.68 Å². The van der Waals surface area contributed by atoms with Crippen LogP contribution < -0.4 is 0 Å². The van der Waals surface area contributed by atoms with E-state index < -0.39 is 30.1 Å². The van der Waals surface area contributed by atoms with Gasteiger partial charge in [-0.2, -0.15) is 18.3 Å². The molecular formula is C19H14ClF3N4O3. The molecule has 0 radical (unpaired) electrons. The van der Waals surface area contributed by atoms with Gasteiger partial charge < -0.3 is 4.90 Å². The molecule has 0 atom stereocenters. The molecule has 0 saturated heterocycles. The zero-order chi connectivity index (χ0) is 21.9. The first-order chi connectivity index (χ1) is 14.1. The fraction of sp³-hybridized carbons (Fsp3) is 0.158. The molecule has 1 heterocycles. The highest BCUT2D eigenvalue weighted by Gasteiger charge is 2.34. The van der Waals surface area contributed by atoms with E-state index >= 15 is 0 Å². The second-order valence-corrected chi connectivity index (χ2v) is 6.75. The van der Waals surface area contributed by atoms with E-state index in [4.69, 9.17) is 11.6 Å². The third kappa shape index (κ3) is 5.15. The first-order valence-electron chi connectivity index (χ1n) is 8.53. The van der Waals surface area contributed by atoms with E-state index in [1.54, 1.807) is 24.3 Å². The lowest BCUT2D eigenvalue weighted by Gasteiger charge is -2.23. The molecular weight excluding hydrogens is 425 g/mol. The van der Waals surface area contributed by atoms with Gasteiger partial charge in [-0.3, -0.25) is 14.9 Å². The number of hydrogen-bond donors (Lipinski definition) is 0. The van der Waals surface area contributed by atoms with Crippen molar-refractivity contribution in [2.75, 3.05) is 6.54 Å². The van der Waals surface area contributed by atoms with Gasteiger partial charge in [0.05, 0.1) is 28.9 Å². The van der Waals surface area contributed by atoms with Crippen LogP contribution in [0.5, 0.6) is 0 Å². The first kappa shape index (κ1) is 21.3. The number of nitro groups is 1. The number of benzene rings is 2. The smallest absolute Gasteiger partial charge is 0.325 e. The molecule has 0 unspecified atom stereocenters. The minimum absolute atomic E-state index is 0.0117. The van der Waals surface area contributed by atoms with Gasteiger partial charge in [0, 0.05) is 22.8 Å². The zero-order valence-corrected chi connectivity index (χ0v) is 16.0. The topological polar surface area (TPSA) is 81.3 Å². The molecule has 0 saturated carbocycles. The Kier molecular flexibility index (Phi) is 6.06. The Morgan fingerprint density at radius 1 is 1.20 bits per heavy atom. The number of rotatable bonds is 6. The molecule has 0 N–H and O–H groups in total. The summed E-state index contributed by atoms with van der Waals surface area (Å²) in [6.07, 6.45) is -2.29. The minimum atomic E-state index is -4.69. The van der Waals surface area contributed by atoms with Crippen LogP contribution in [0.15, 0.2) is 60.9 Å². The summed E-state index contributed by atoms with van der Waals surface area (Å²) in [4.78, 5) is 23.8. The summed E-state index contributed by atoms with van der Waals surface area (Å²) in [5.41, 5.74) is 0.0369. The van der Waals surface area contributed by atoms with Gasteiger partial charge in [0.15, 0.2) is 0 Å². The summed E-state index contributed by atoms with van der Waals surface area (Å²) in [7, 11) is 0. The van der Waals surface area contributed by atoms with E-state index in [-0.39, 0.29) is 16.8 Å². The van der Waals surface area contributed by atoms with Gasteiger partial charge in [-0.05, 0) is 18.2 Å². The molecule has 0 fully saturated rings. The molecule has 11 heteroatoms. The quantitative estimate of drug-likeness (QED) is 0.415. The van der Waals surface area contributed by atoms with Crippen molar-refractivity contribution in [3.63, 3.8) is 0 Å². The SMILES string of the molecule is O=C(c1cnn(-c2cccc(Cl)c2)c1)N(Cc1ccccc1[N+](=O)[O-])CC(F)(F)F. The molecule has 0 spiro atoms. The van der Waals surface area contributed by atoms with E-state index in [0.29, 0.717) is 15.6 Å². The lowest BCUT2D eigenvalue weighted by Crippen LogP contribution is -2.38. The molecule has 1 amide bonds. The number of nitro benzene ring substituents is 1. The summed E-state index contributed by atoms with van der Waals surface area (Å²) < 4.78 is 40.6. The van der Waals surface area contributed by atoms with Crippen molar-refractivity contribution in [2.24, 2.45) is 0 Å². The zero-order valence-electron chi connectivity index (χ0n) is 15.2. The normalized spacial score (nSPS) is 11.3. The van der Waals surface area contributed by atoms with Crippen molar-refractivity contribution in [2.45, 2.75) is 12.7 Å². The number of halogens is 4. The number of alkyl halides is 3. The van der Waals surface area contributed by atoms with E-state index in [0.717, 1.165) is 6.20 Å². The third-order valence-electron chi connectivity index (χ3n) is 4.11. The highest BCUT2D eigenvalue weighted by molar-refractivity contribution is 6.30. The molecule has 0 aliphatic rings. The lowest BCUT2D eigenvalue weighted by molar-refractivity contribution is -0.385. The van der Waals surface area contributed by atoms with Crippen LogP contribution in [0.1, 0.15) is 15.9 Å². The van der Waals surface area contributed by atoms with Crippen LogP contribution in [0.25, 0.3) is 5.69 Å². The van der Waals surface area contributed by atoms with Gasteiger partial charge in [0.2, 0.25) is 0 Å². The van der Waals surface area contributed by atoms with E-state index in [2.05, 4.69) is 5.10 Å². The average Bonchev–Trinajstić information content (AvgIpc) is 3.16. The third-order valence-corrected chi connectivity index (χ3v) is 4.34. The monoisotopic (exact) mass is 438 g/mol. The number of nitrogens with zero attached hydrogens (tertiary/aromatic N) is 4. The molecule has 2 aromatic carbocycles.